The summed E-state index contributed by atoms with van der Waals surface area (Å²) in [5, 5.41) is 0. The molecule has 2 heterocycles. The molecule has 5 nitrogen and oxygen atoms in total. The number of carbonyl (C=O) groups is 2. The Hall–Kier alpha value is -2.82. The van der Waals surface area contributed by atoms with Gasteiger partial charge in [0.2, 0.25) is 0 Å². The first-order valence-electron chi connectivity index (χ1n) is 7.11. The van der Waals surface area contributed by atoms with Gasteiger partial charge >= 0.3 is 11.8 Å². The highest BCUT2D eigenvalue weighted by molar-refractivity contribution is 6.41. The van der Waals surface area contributed by atoms with Crippen LogP contribution in [0.1, 0.15) is 11.6 Å². The number of hydrogen-bond donors (Lipinski definition) is 0. The summed E-state index contributed by atoms with van der Waals surface area (Å²) in [5.74, 6) is 0.290. The number of likely N-dealkylation sites (N-methyl/N-ethyl adjacent to an activating group) is 1. The average molecular weight is 294 g/mol. The fraction of sp³-hybridized carbons (Fsp3) is 0.176. The van der Waals surface area contributed by atoms with Gasteiger partial charge in [0.05, 0.1) is 11.7 Å². The largest absolute Gasteiger partial charge is 0.455 e. The number of fused-ring (bicyclic) bond motifs is 5. The third-order valence-electron chi connectivity index (χ3n) is 4.13. The lowest BCUT2D eigenvalue weighted by molar-refractivity contribution is -0.146. The first kappa shape index (κ1) is 12.9. The fourth-order valence-corrected chi connectivity index (χ4v) is 3.06. The van der Waals surface area contributed by atoms with Crippen LogP contribution in [0.2, 0.25) is 0 Å². The minimum absolute atomic E-state index is 0.241. The number of carbonyl (C=O) groups excluding carboxylic acids is 2. The van der Waals surface area contributed by atoms with Crippen molar-refractivity contribution in [2.24, 2.45) is 0 Å². The van der Waals surface area contributed by atoms with Crippen LogP contribution in [0.4, 0.5) is 5.69 Å². The molecule has 0 aromatic heterocycles. The van der Waals surface area contributed by atoms with E-state index in [2.05, 4.69) is 0 Å². The third kappa shape index (κ3) is 1.72. The molecule has 0 bridgehead atoms. The van der Waals surface area contributed by atoms with E-state index >= 15 is 0 Å². The molecule has 1 atom stereocenters. The molecule has 2 aromatic carbocycles. The van der Waals surface area contributed by atoms with E-state index in [1.165, 1.54) is 4.90 Å². The maximum atomic E-state index is 12.6. The van der Waals surface area contributed by atoms with E-state index in [4.69, 9.17) is 4.74 Å². The summed E-state index contributed by atoms with van der Waals surface area (Å²) in [6, 6.07) is 14.7. The molecule has 1 fully saturated rings. The van der Waals surface area contributed by atoms with Crippen molar-refractivity contribution in [3.8, 4) is 11.5 Å². The fourth-order valence-electron chi connectivity index (χ4n) is 3.06. The predicted molar refractivity (Wildman–Crippen MR) is 80.8 cm³/mol. The van der Waals surface area contributed by atoms with E-state index in [9.17, 15) is 9.59 Å². The van der Waals surface area contributed by atoms with Gasteiger partial charge in [-0.25, -0.2) is 0 Å². The molecule has 1 unspecified atom stereocenters. The van der Waals surface area contributed by atoms with E-state index < -0.39 is 11.8 Å². The molecule has 4 rings (SSSR count). The van der Waals surface area contributed by atoms with Crippen LogP contribution in [0.3, 0.4) is 0 Å². The standard InChI is InChI=1S/C17H14N2O3/c1-18-10-13-11-6-2-4-8-14(11)22-15-9-5-3-7-12(15)19(13)17(21)16(18)20/h2-9,13H,10H2,1H3. The van der Waals surface area contributed by atoms with Gasteiger partial charge in [-0.05, 0) is 18.2 Å². The smallest absolute Gasteiger partial charge is 0.317 e. The second kappa shape index (κ2) is 4.59. The van der Waals surface area contributed by atoms with Crippen LogP contribution < -0.4 is 9.64 Å². The first-order valence-corrected chi connectivity index (χ1v) is 7.11. The normalized spacial score (nSPS) is 19.8. The zero-order valence-corrected chi connectivity index (χ0v) is 12.0. The minimum atomic E-state index is -0.522. The van der Waals surface area contributed by atoms with Gasteiger partial charge in [0.15, 0.2) is 5.75 Å². The van der Waals surface area contributed by atoms with E-state index in [0.29, 0.717) is 18.0 Å². The Balaban J connectivity index is 1.97. The van der Waals surface area contributed by atoms with E-state index in [0.717, 1.165) is 11.3 Å². The molecule has 0 aliphatic carbocycles. The van der Waals surface area contributed by atoms with Crippen LogP contribution in [-0.4, -0.2) is 30.3 Å². The first-order chi connectivity index (χ1) is 10.7. The molecule has 110 valence electrons. The highest BCUT2D eigenvalue weighted by Gasteiger charge is 2.42. The lowest BCUT2D eigenvalue weighted by Crippen LogP contribution is -2.54. The van der Waals surface area contributed by atoms with Gasteiger partial charge in [-0.3, -0.25) is 14.5 Å². The van der Waals surface area contributed by atoms with Gasteiger partial charge in [-0.2, -0.15) is 0 Å². The molecule has 2 aromatic rings. The number of benzene rings is 2. The van der Waals surface area contributed by atoms with Gasteiger partial charge in [0, 0.05) is 19.2 Å². The van der Waals surface area contributed by atoms with Crippen molar-refractivity contribution in [3.63, 3.8) is 0 Å². The van der Waals surface area contributed by atoms with Crippen LogP contribution in [0, 0.1) is 0 Å². The van der Waals surface area contributed by atoms with Crippen LogP contribution in [0.5, 0.6) is 11.5 Å². The van der Waals surface area contributed by atoms with Crippen molar-refractivity contribution < 1.29 is 14.3 Å². The summed E-state index contributed by atoms with van der Waals surface area (Å²) < 4.78 is 5.99. The Morgan fingerprint density at radius 1 is 0.955 bits per heavy atom. The molecule has 2 amide bonds. The summed E-state index contributed by atoms with van der Waals surface area (Å²) in [6.07, 6.45) is 0. The highest BCUT2D eigenvalue weighted by atomic mass is 16.5. The van der Waals surface area contributed by atoms with Gasteiger partial charge in [-0.15, -0.1) is 0 Å². The van der Waals surface area contributed by atoms with Crippen molar-refractivity contribution >= 4 is 17.5 Å². The second-order valence-corrected chi connectivity index (χ2v) is 5.48. The topological polar surface area (TPSA) is 49.9 Å². The molecule has 2 aliphatic rings. The molecule has 0 spiro atoms. The van der Waals surface area contributed by atoms with Gasteiger partial charge in [0.1, 0.15) is 5.75 Å². The summed E-state index contributed by atoms with van der Waals surface area (Å²) in [5.41, 5.74) is 1.54. The van der Waals surface area contributed by atoms with Crippen LogP contribution in [0.15, 0.2) is 48.5 Å². The van der Waals surface area contributed by atoms with Crippen LogP contribution in [-0.2, 0) is 9.59 Å². The lowest BCUT2D eigenvalue weighted by Gasteiger charge is -2.38. The number of para-hydroxylation sites is 3. The minimum Gasteiger partial charge on any atom is -0.455 e. The summed E-state index contributed by atoms with van der Waals surface area (Å²) in [4.78, 5) is 27.7. The summed E-state index contributed by atoms with van der Waals surface area (Å²) in [7, 11) is 1.65. The number of nitrogens with zero attached hydrogens (tertiary/aromatic N) is 2. The van der Waals surface area contributed by atoms with Gasteiger partial charge in [0.25, 0.3) is 0 Å². The van der Waals surface area contributed by atoms with E-state index in [1.807, 2.05) is 48.5 Å². The molecule has 22 heavy (non-hydrogen) atoms. The number of hydrogen-bond acceptors (Lipinski definition) is 3. The average Bonchev–Trinajstić information content (AvgIpc) is 2.67. The number of piperazine rings is 1. The maximum absolute atomic E-state index is 12.6. The molecular weight excluding hydrogens is 280 g/mol. The predicted octanol–water partition coefficient (Wildman–Crippen LogP) is 2.34. The Morgan fingerprint density at radius 3 is 2.45 bits per heavy atom. The Morgan fingerprint density at radius 2 is 1.64 bits per heavy atom. The van der Waals surface area contributed by atoms with Crippen LogP contribution >= 0.6 is 0 Å². The molecule has 0 saturated carbocycles. The van der Waals surface area contributed by atoms with E-state index in [1.54, 1.807) is 11.9 Å². The molecular formula is C17H14N2O3. The van der Waals surface area contributed by atoms with Crippen molar-refractivity contribution in [2.75, 3.05) is 18.5 Å². The SMILES string of the molecule is CN1CC2c3ccccc3Oc3ccccc3N2C(=O)C1=O. The lowest BCUT2D eigenvalue weighted by atomic mass is 10.0. The quantitative estimate of drug-likeness (QED) is 0.701. The molecule has 5 heteroatoms. The number of ether oxygens (including phenoxy) is 1. The van der Waals surface area contributed by atoms with Gasteiger partial charge in [-0.1, -0.05) is 30.3 Å². The van der Waals surface area contributed by atoms with Gasteiger partial charge < -0.3 is 9.64 Å². The van der Waals surface area contributed by atoms with Crippen molar-refractivity contribution in [3.05, 3.63) is 54.1 Å². The molecule has 0 N–H and O–H groups in total. The van der Waals surface area contributed by atoms with Crippen molar-refractivity contribution in [1.82, 2.24) is 4.90 Å². The molecule has 0 radical (unpaired) electrons. The maximum Gasteiger partial charge on any atom is 0.317 e. The number of rotatable bonds is 0. The molecule has 1 saturated heterocycles. The number of anilines is 1. The zero-order valence-electron chi connectivity index (χ0n) is 12.0. The summed E-state index contributed by atoms with van der Waals surface area (Å²) in [6.45, 7) is 0.444. The Kier molecular flexibility index (Phi) is 2.69. The Bertz CT molecular complexity index is 787. The second-order valence-electron chi connectivity index (χ2n) is 5.48. The third-order valence-corrected chi connectivity index (χ3v) is 4.13. The number of amides is 2. The van der Waals surface area contributed by atoms with Crippen LogP contribution in [0.25, 0.3) is 0 Å². The monoisotopic (exact) mass is 294 g/mol. The highest BCUT2D eigenvalue weighted by Crippen LogP contribution is 2.45. The van der Waals surface area contributed by atoms with Crippen molar-refractivity contribution in [1.29, 1.82) is 0 Å². The van der Waals surface area contributed by atoms with E-state index in [-0.39, 0.29) is 6.04 Å². The van der Waals surface area contributed by atoms with Crippen molar-refractivity contribution in [2.45, 2.75) is 6.04 Å². The summed E-state index contributed by atoms with van der Waals surface area (Å²) >= 11 is 0. The Labute approximate surface area is 127 Å². The molecule has 2 aliphatic heterocycles. The zero-order chi connectivity index (χ0) is 15.3.